The van der Waals surface area contributed by atoms with Gasteiger partial charge in [0.2, 0.25) is 5.91 Å². The largest absolute Gasteiger partial charge is 0.496 e. The lowest BCUT2D eigenvalue weighted by Crippen LogP contribution is -2.27. The molecule has 32 heavy (non-hydrogen) atoms. The van der Waals surface area contributed by atoms with E-state index in [1.165, 1.54) is 22.7 Å². The molecule has 8 heteroatoms. The lowest BCUT2D eigenvalue weighted by Gasteiger charge is -2.10. The summed E-state index contributed by atoms with van der Waals surface area (Å²) in [7, 11) is 1.63. The van der Waals surface area contributed by atoms with Crippen LogP contribution in [0.5, 0.6) is 5.75 Å². The number of nitrogens with zero attached hydrogens (tertiary/aromatic N) is 3. The third kappa shape index (κ3) is 4.70. The van der Waals surface area contributed by atoms with Crippen molar-refractivity contribution in [2.24, 2.45) is 0 Å². The van der Waals surface area contributed by atoms with Crippen LogP contribution in [-0.2, 0) is 17.8 Å². The van der Waals surface area contributed by atoms with Crippen LogP contribution in [0.25, 0.3) is 22.3 Å². The van der Waals surface area contributed by atoms with Crippen molar-refractivity contribution in [1.29, 1.82) is 0 Å². The first-order chi connectivity index (χ1) is 15.7. The Kier molecular flexibility index (Phi) is 6.91. The predicted molar refractivity (Wildman–Crippen MR) is 128 cm³/mol. The number of carbonyl (C=O) groups excluding carboxylic acids is 1. The molecule has 0 unspecified atom stereocenters. The maximum atomic E-state index is 12.4. The number of rotatable bonds is 10. The Hall–Kier alpha value is -3.52. The van der Waals surface area contributed by atoms with Gasteiger partial charge in [-0.25, -0.2) is 0 Å². The summed E-state index contributed by atoms with van der Waals surface area (Å²) in [6.45, 7) is 4.95. The molecule has 7 nitrogen and oxygen atoms in total. The summed E-state index contributed by atoms with van der Waals surface area (Å²) >= 11 is 1.36. The van der Waals surface area contributed by atoms with E-state index < -0.39 is 0 Å². The molecular weight excluding hydrogens is 422 g/mol. The van der Waals surface area contributed by atoms with Crippen LogP contribution in [0, 0.1) is 0 Å². The smallest absolute Gasteiger partial charge is 0.230 e. The van der Waals surface area contributed by atoms with Crippen LogP contribution in [0.1, 0.15) is 5.56 Å². The SMILES string of the molecule is C=CCn1c(SCC(=O)NCCc2c[nH]c3ccccc23)nnc1-c1ccccc1OC. The molecule has 0 aliphatic rings. The van der Waals surface area contributed by atoms with Gasteiger partial charge in [-0.1, -0.05) is 48.2 Å². The molecule has 2 heterocycles. The van der Waals surface area contributed by atoms with E-state index >= 15 is 0 Å². The normalized spacial score (nSPS) is 10.9. The van der Waals surface area contributed by atoms with Gasteiger partial charge in [0.05, 0.1) is 18.4 Å². The van der Waals surface area contributed by atoms with Crippen LogP contribution < -0.4 is 10.1 Å². The quantitative estimate of drug-likeness (QED) is 0.283. The average molecular weight is 448 g/mol. The molecule has 0 saturated carbocycles. The molecular formula is C24H25N5O2S. The monoisotopic (exact) mass is 447 g/mol. The van der Waals surface area contributed by atoms with Gasteiger partial charge in [-0.05, 0) is 30.2 Å². The predicted octanol–water partition coefficient (Wildman–Crippen LogP) is 4.07. The zero-order valence-electron chi connectivity index (χ0n) is 17.9. The first-order valence-corrected chi connectivity index (χ1v) is 11.3. The molecule has 0 spiro atoms. The number of thioether (sulfide) groups is 1. The van der Waals surface area contributed by atoms with Crippen molar-refractivity contribution < 1.29 is 9.53 Å². The molecule has 0 aliphatic carbocycles. The molecule has 0 fully saturated rings. The van der Waals surface area contributed by atoms with Gasteiger partial charge in [-0.2, -0.15) is 0 Å². The van der Waals surface area contributed by atoms with Gasteiger partial charge in [-0.3, -0.25) is 9.36 Å². The summed E-state index contributed by atoms with van der Waals surface area (Å²) in [5.41, 5.74) is 3.15. The van der Waals surface area contributed by atoms with Crippen LogP contribution in [0.2, 0.25) is 0 Å². The summed E-state index contributed by atoms with van der Waals surface area (Å²) in [5.74, 6) is 1.62. The maximum Gasteiger partial charge on any atom is 0.230 e. The summed E-state index contributed by atoms with van der Waals surface area (Å²) in [5, 5.41) is 13.5. The number of allylic oxidation sites excluding steroid dienone is 1. The van der Waals surface area contributed by atoms with Gasteiger partial charge in [0, 0.05) is 30.2 Å². The van der Waals surface area contributed by atoms with Crippen LogP contribution in [-0.4, -0.2) is 45.1 Å². The van der Waals surface area contributed by atoms with Crippen molar-refractivity contribution in [2.45, 2.75) is 18.1 Å². The summed E-state index contributed by atoms with van der Waals surface area (Å²) in [6, 6.07) is 15.8. The molecule has 2 aromatic heterocycles. The van der Waals surface area contributed by atoms with Crippen molar-refractivity contribution in [1.82, 2.24) is 25.1 Å². The van der Waals surface area contributed by atoms with Gasteiger partial charge in [0.15, 0.2) is 11.0 Å². The molecule has 0 bridgehead atoms. The van der Waals surface area contributed by atoms with E-state index in [9.17, 15) is 4.79 Å². The van der Waals surface area contributed by atoms with Crippen LogP contribution in [0.15, 0.2) is 72.5 Å². The van der Waals surface area contributed by atoms with Gasteiger partial charge in [0.25, 0.3) is 0 Å². The molecule has 0 saturated heterocycles. The highest BCUT2D eigenvalue weighted by atomic mass is 32.2. The zero-order valence-corrected chi connectivity index (χ0v) is 18.7. The third-order valence-corrected chi connectivity index (χ3v) is 6.07. The zero-order chi connectivity index (χ0) is 22.3. The number of aromatic amines is 1. The Bertz CT molecular complexity index is 1230. The highest BCUT2D eigenvalue weighted by Crippen LogP contribution is 2.30. The highest BCUT2D eigenvalue weighted by molar-refractivity contribution is 7.99. The van der Waals surface area contributed by atoms with Gasteiger partial charge in [0.1, 0.15) is 5.75 Å². The fourth-order valence-electron chi connectivity index (χ4n) is 3.57. The van der Waals surface area contributed by atoms with E-state index in [0.717, 1.165) is 23.3 Å². The topological polar surface area (TPSA) is 84.8 Å². The molecule has 2 aromatic carbocycles. The summed E-state index contributed by atoms with van der Waals surface area (Å²) < 4.78 is 7.40. The highest BCUT2D eigenvalue weighted by Gasteiger charge is 2.17. The minimum atomic E-state index is -0.0400. The summed E-state index contributed by atoms with van der Waals surface area (Å²) in [6.07, 6.45) is 4.56. The Morgan fingerprint density at radius 3 is 2.88 bits per heavy atom. The van der Waals surface area contributed by atoms with Crippen LogP contribution in [0.3, 0.4) is 0 Å². The van der Waals surface area contributed by atoms with Gasteiger partial charge >= 0.3 is 0 Å². The molecule has 164 valence electrons. The number of para-hydroxylation sites is 2. The van der Waals surface area contributed by atoms with E-state index in [-0.39, 0.29) is 11.7 Å². The van der Waals surface area contributed by atoms with E-state index in [0.29, 0.717) is 24.1 Å². The number of carbonyl (C=O) groups is 1. The van der Waals surface area contributed by atoms with Gasteiger partial charge in [-0.15, -0.1) is 16.8 Å². The number of hydrogen-bond acceptors (Lipinski definition) is 5. The Labute approximate surface area is 190 Å². The number of aromatic nitrogens is 4. The second kappa shape index (κ2) is 10.2. The lowest BCUT2D eigenvalue weighted by molar-refractivity contribution is -0.118. The molecule has 2 N–H and O–H groups in total. The molecule has 1 amide bonds. The van der Waals surface area contributed by atoms with Crippen molar-refractivity contribution in [3.63, 3.8) is 0 Å². The fourth-order valence-corrected chi connectivity index (χ4v) is 4.35. The number of nitrogens with one attached hydrogen (secondary N) is 2. The minimum absolute atomic E-state index is 0.0400. The molecule has 0 aliphatic heterocycles. The van der Waals surface area contributed by atoms with E-state index in [2.05, 4.69) is 33.1 Å². The van der Waals surface area contributed by atoms with E-state index in [4.69, 9.17) is 4.74 Å². The third-order valence-electron chi connectivity index (χ3n) is 5.10. The number of methoxy groups -OCH3 is 1. The fraction of sp³-hybridized carbons (Fsp3) is 0.208. The number of ether oxygens (including phenoxy) is 1. The van der Waals surface area contributed by atoms with E-state index in [1.807, 2.05) is 53.2 Å². The van der Waals surface area contributed by atoms with Crippen LogP contribution in [0.4, 0.5) is 0 Å². The number of H-pyrrole nitrogens is 1. The van der Waals surface area contributed by atoms with Gasteiger partial charge < -0.3 is 15.0 Å². The first kappa shape index (κ1) is 21.7. The first-order valence-electron chi connectivity index (χ1n) is 10.3. The van der Waals surface area contributed by atoms with Crippen LogP contribution >= 0.6 is 11.8 Å². The Morgan fingerprint density at radius 1 is 1.22 bits per heavy atom. The summed E-state index contributed by atoms with van der Waals surface area (Å²) in [4.78, 5) is 15.7. The van der Waals surface area contributed by atoms with Crippen molar-refractivity contribution >= 4 is 28.6 Å². The second-order valence-electron chi connectivity index (χ2n) is 7.15. The maximum absolute atomic E-state index is 12.4. The van der Waals surface area contributed by atoms with Crippen molar-refractivity contribution in [3.8, 4) is 17.1 Å². The standard InChI is InChI=1S/C24H25N5O2S/c1-3-14-29-23(19-9-5-7-11-21(19)31-2)27-28-24(29)32-16-22(30)25-13-12-17-15-26-20-10-6-4-8-18(17)20/h3-11,15,26H,1,12-14,16H2,2H3,(H,25,30). The second-order valence-corrected chi connectivity index (χ2v) is 8.10. The number of fused-ring (bicyclic) bond motifs is 1. The average Bonchev–Trinajstić information content (AvgIpc) is 3.42. The minimum Gasteiger partial charge on any atom is -0.496 e. The number of benzene rings is 2. The molecule has 4 rings (SSSR count). The number of hydrogen-bond donors (Lipinski definition) is 2. The van der Waals surface area contributed by atoms with Crippen molar-refractivity contribution in [3.05, 3.63) is 72.9 Å². The number of amides is 1. The van der Waals surface area contributed by atoms with Crippen molar-refractivity contribution in [2.75, 3.05) is 19.4 Å². The lowest BCUT2D eigenvalue weighted by atomic mass is 10.1. The Balaban J connectivity index is 1.37. The van der Waals surface area contributed by atoms with E-state index in [1.54, 1.807) is 13.2 Å². The molecule has 4 aromatic rings. The Morgan fingerprint density at radius 2 is 2.03 bits per heavy atom. The molecule has 0 radical (unpaired) electrons. The molecule has 0 atom stereocenters.